The Balaban J connectivity index is 2.92. The van der Waals surface area contributed by atoms with Gasteiger partial charge in [0.05, 0.1) is 12.0 Å². The number of guanidine groups is 1. The summed E-state index contributed by atoms with van der Waals surface area (Å²) in [5.41, 5.74) is 6.17. The van der Waals surface area contributed by atoms with Crippen LogP contribution in [-0.2, 0) is 10.2 Å². The van der Waals surface area contributed by atoms with E-state index in [4.69, 9.17) is 5.73 Å². The van der Waals surface area contributed by atoms with Crippen molar-refractivity contribution in [1.82, 2.24) is 10.6 Å². The van der Waals surface area contributed by atoms with Crippen molar-refractivity contribution < 1.29 is 4.79 Å². The van der Waals surface area contributed by atoms with E-state index in [-0.39, 0.29) is 11.3 Å². The normalized spacial score (nSPS) is 12.8. The van der Waals surface area contributed by atoms with Gasteiger partial charge in [0.15, 0.2) is 5.96 Å². The number of nitrogens with zero attached hydrogens (tertiary/aromatic N) is 1. The number of benzene rings is 1. The Labute approximate surface area is 152 Å². The van der Waals surface area contributed by atoms with Gasteiger partial charge in [0.2, 0.25) is 5.91 Å². The number of amides is 1. The van der Waals surface area contributed by atoms with Gasteiger partial charge < -0.3 is 16.4 Å². The number of carbonyl (C=O) groups excluding carboxylic acids is 1. The van der Waals surface area contributed by atoms with Crippen LogP contribution in [0.1, 0.15) is 53.0 Å². The molecule has 0 atom stereocenters. The molecule has 0 saturated carbocycles. The van der Waals surface area contributed by atoms with E-state index in [1.54, 1.807) is 0 Å². The number of rotatable bonds is 9. The van der Waals surface area contributed by atoms with Crippen molar-refractivity contribution in [2.75, 3.05) is 19.6 Å². The van der Waals surface area contributed by atoms with Gasteiger partial charge in [-0.25, -0.2) is 0 Å². The molecule has 0 fully saturated rings. The Bertz CT molecular complexity index is 562. The van der Waals surface area contributed by atoms with E-state index in [9.17, 15) is 4.79 Å². The average molecular weight is 347 g/mol. The lowest BCUT2D eigenvalue weighted by Crippen LogP contribution is -2.46. The molecule has 0 radical (unpaired) electrons. The van der Waals surface area contributed by atoms with Gasteiger partial charge in [0.1, 0.15) is 0 Å². The summed E-state index contributed by atoms with van der Waals surface area (Å²) in [4.78, 5) is 16.1. The van der Waals surface area contributed by atoms with Gasteiger partial charge in [-0.3, -0.25) is 9.79 Å². The molecule has 0 spiro atoms. The third-order valence-corrected chi connectivity index (χ3v) is 4.98. The first-order valence-electron chi connectivity index (χ1n) is 9.19. The number of hydrogen-bond acceptors (Lipinski definition) is 2. The maximum absolute atomic E-state index is 11.5. The molecule has 0 heterocycles. The standard InChI is InChI=1S/C20H34N4O/c1-6-20(7-2,16-12-10-9-11-13-16)15-24-18(22-8-3)23-14-19(4,5)17(21)25/h9-13H,6-8,14-15H2,1-5H3,(H2,21,25)(H2,22,23,24). The van der Waals surface area contributed by atoms with Crippen molar-refractivity contribution in [3.05, 3.63) is 35.9 Å². The van der Waals surface area contributed by atoms with Crippen LogP contribution in [0.25, 0.3) is 0 Å². The Kier molecular flexibility index (Phi) is 7.94. The van der Waals surface area contributed by atoms with E-state index in [1.807, 2.05) is 26.8 Å². The molecule has 4 N–H and O–H groups in total. The second-order valence-corrected chi connectivity index (χ2v) is 7.15. The quantitative estimate of drug-likeness (QED) is 0.475. The molecule has 0 saturated heterocycles. The van der Waals surface area contributed by atoms with Gasteiger partial charge in [-0.05, 0) is 39.2 Å². The lowest BCUT2D eigenvalue weighted by atomic mass is 9.76. The van der Waals surface area contributed by atoms with Gasteiger partial charge >= 0.3 is 0 Å². The monoisotopic (exact) mass is 346 g/mol. The highest BCUT2D eigenvalue weighted by atomic mass is 16.1. The van der Waals surface area contributed by atoms with E-state index in [0.29, 0.717) is 6.54 Å². The van der Waals surface area contributed by atoms with Gasteiger partial charge in [0, 0.05) is 18.5 Å². The number of primary amides is 1. The third kappa shape index (κ3) is 5.76. The molecule has 0 unspecified atom stereocenters. The van der Waals surface area contributed by atoms with Crippen LogP contribution in [0, 0.1) is 5.41 Å². The van der Waals surface area contributed by atoms with Crippen LogP contribution in [0.2, 0.25) is 0 Å². The minimum absolute atomic E-state index is 0.0522. The zero-order valence-corrected chi connectivity index (χ0v) is 16.4. The molecule has 1 amide bonds. The lowest BCUT2D eigenvalue weighted by molar-refractivity contribution is -0.125. The van der Waals surface area contributed by atoms with Crippen molar-refractivity contribution in [2.24, 2.45) is 16.1 Å². The fourth-order valence-corrected chi connectivity index (χ4v) is 2.75. The lowest BCUT2D eigenvalue weighted by Gasteiger charge is -2.33. The van der Waals surface area contributed by atoms with Crippen molar-refractivity contribution in [3.8, 4) is 0 Å². The van der Waals surface area contributed by atoms with Crippen molar-refractivity contribution in [2.45, 2.75) is 52.9 Å². The molecule has 0 aromatic heterocycles. The highest BCUT2D eigenvalue weighted by Gasteiger charge is 2.29. The zero-order valence-electron chi connectivity index (χ0n) is 16.4. The van der Waals surface area contributed by atoms with Crippen LogP contribution < -0.4 is 16.4 Å². The average Bonchev–Trinajstić information content (AvgIpc) is 2.61. The van der Waals surface area contributed by atoms with Crippen LogP contribution in [0.15, 0.2) is 35.3 Å². The van der Waals surface area contributed by atoms with E-state index in [1.165, 1.54) is 5.56 Å². The fraction of sp³-hybridized carbons (Fsp3) is 0.600. The first-order valence-corrected chi connectivity index (χ1v) is 9.19. The van der Waals surface area contributed by atoms with Crippen LogP contribution in [0.3, 0.4) is 0 Å². The summed E-state index contributed by atoms with van der Waals surface area (Å²) in [6.07, 6.45) is 2.07. The summed E-state index contributed by atoms with van der Waals surface area (Å²) in [6, 6.07) is 10.6. The summed E-state index contributed by atoms with van der Waals surface area (Å²) in [7, 11) is 0. The second kappa shape index (κ2) is 9.44. The SMILES string of the molecule is CCNC(=NCC(C)(C)C(N)=O)NCC(CC)(CC)c1ccccc1. The van der Waals surface area contributed by atoms with E-state index in [0.717, 1.165) is 31.9 Å². The minimum Gasteiger partial charge on any atom is -0.369 e. The van der Waals surface area contributed by atoms with Crippen molar-refractivity contribution in [1.29, 1.82) is 0 Å². The first-order chi connectivity index (χ1) is 11.8. The zero-order chi connectivity index (χ0) is 18.9. The molecule has 0 aliphatic heterocycles. The number of hydrogen-bond donors (Lipinski definition) is 3. The summed E-state index contributed by atoms with van der Waals surface area (Å²) in [5, 5.41) is 6.71. The molecular formula is C20H34N4O. The maximum atomic E-state index is 11.5. The van der Waals surface area contributed by atoms with Crippen molar-refractivity contribution in [3.63, 3.8) is 0 Å². The number of carbonyl (C=O) groups is 1. The minimum atomic E-state index is -0.658. The van der Waals surface area contributed by atoms with E-state index >= 15 is 0 Å². The topological polar surface area (TPSA) is 79.5 Å². The third-order valence-electron chi connectivity index (χ3n) is 4.98. The van der Waals surface area contributed by atoms with Crippen LogP contribution in [0.5, 0.6) is 0 Å². The molecule has 0 aliphatic carbocycles. The molecule has 1 aromatic carbocycles. The van der Waals surface area contributed by atoms with Gasteiger partial charge in [-0.2, -0.15) is 0 Å². The molecular weight excluding hydrogens is 312 g/mol. The van der Waals surface area contributed by atoms with Gasteiger partial charge in [-0.15, -0.1) is 0 Å². The number of nitrogens with one attached hydrogen (secondary N) is 2. The fourth-order valence-electron chi connectivity index (χ4n) is 2.75. The largest absolute Gasteiger partial charge is 0.369 e. The Morgan fingerprint density at radius 2 is 1.68 bits per heavy atom. The molecule has 0 aliphatic rings. The van der Waals surface area contributed by atoms with Crippen LogP contribution in [0.4, 0.5) is 0 Å². The van der Waals surface area contributed by atoms with Crippen LogP contribution in [-0.4, -0.2) is 31.5 Å². The predicted molar refractivity (Wildman–Crippen MR) is 106 cm³/mol. The molecule has 1 rings (SSSR count). The Morgan fingerprint density at radius 1 is 1.08 bits per heavy atom. The maximum Gasteiger partial charge on any atom is 0.224 e. The molecule has 5 nitrogen and oxygen atoms in total. The molecule has 1 aromatic rings. The smallest absolute Gasteiger partial charge is 0.224 e. The molecule has 25 heavy (non-hydrogen) atoms. The summed E-state index contributed by atoms with van der Waals surface area (Å²) >= 11 is 0. The predicted octanol–water partition coefficient (Wildman–Crippen LogP) is 2.81. The number of nitrogens with two attached hydrogens (primary N) is 1. The highest BCUT2D eigenvalue weighted by Crippen LogP contribution is 2.30. The van der Waals surface area contributed by atoms with E-state index < -0.39 is 5.41 Å². The summed E-state index contributed by atoms with van der Waals surface area (Å²) in [5.74, 6) is 0.381. The molecule has 140 valence electrons. The number of aliphatic imine (C=N–C) groups is 1. The summed E-state index contributed by atoms with van der Waals surface area (Å²) < 4.78 is 0. The second-order valence-electron chi connectivity index (χ2n) is 7.15. The van der Waals surface area contributed by atoms with Crippen molar-refractivity contribution >= 4 is 11.9 Å². The first kappa shape index (κ1) is 21.0. The molecule has 0 bridgehead atoms. The molecule has 5 heteroatoms. The van der Waals surface area contributed by atoms with Gasteiger partial charge in [0.25, 0.3) is 0 Å². The summed E-state index contributed by atoms with van der Waals surface area (Å²) in [6.45, 7) is 12.0. The van der Waals surface area contributed by atoms with Crippen LogP contribution >= 0.6 is 0 Å². The van der Waals surface area contributed by atoms with Gasteiger partial charge in [-0.1, -0.05) is 44.2 Å². The highest BCUT2D eigenvalue weighted by molar-refractivity contribution is 5.82. The van der Waals surface area contributed by atoms with E-state index in [2.05, 4.69) is 53.7 Å². The Hall–Kier alpha value is -2.04. The Morgan fingerprint density at radius 3 is 2.16 bits per heavy atom.